The van der Waals surface area contributed by atoms with Gasteiger partial charge < -0.3 is 10.1 Å². The molecule has 0 saturated carbocycles. The molecule has 6 heteroatoms. The van der Waals surface area contributed by atoms with E-state index in [1.54, 1.807) is 13.0 Å². The van der Waals surface area contributed by atoms with Gasteiger partial charge >= 0.3 is 6.18 Å². The van der Waals surface area contributed by atoms with Gasteiger partial charge in [0, 0.05) is 17.8 Å². The van der Waals surface area contributed by atoms with E-state index in [-0.39, 0.29) is 19.0 Å². The lowest BCUT2D eigenvalue weighted by Gasteiger charge is -2.11. The minimum Gasteiger partial charge on any atom is -0.382 e. The van der Waals surface area contributed by atoms with Crippen molar-refractivity contribution in [2.75, 3.05) is 25.1 Å². The Labute approximate surface area is 96.6 Å². The summed E-state index contributed by atoms with van der Waals surface area (Å²) in [5.74, 6) is -0.355. The Bertz CT molecular complexity index is 365. The quantitative estimate of drug-likeness (QED) is 0.641. The number of alkyl halides is 3. The van der Waals surface area contributed by atoms with E-state index in [0.717, 1.165) is 0 Å². The van der Waals surface area contributed by atoms with Gasteiger partial charge in [0.25, 0.3) is 0 Å². The largest absolute Gasteiger partial charge is 0.411 e. The third-order valence-corrected chi connectivity index (χ3v) is 2.10. The highest BCUT2D eigenvalue weighted by Gasteiger charge is 2.27. The molecule has 0 spiro atoms. The second-order valence-electron chi connectivity index (χ2n) is 3.51. The zero-order valence-corrected chi connectivity index (χ0v) is 9.27. The molecule has 0 bridgehead atoms. The van der Waals surface area contributed by atoms with Gasteiger partial charge in [-0.1, -0.05) is 6.07 Å². The highest BCUT2D eigenvalue weighted by atomic mass is 19.4. The molecule has 0 aromatic heterocycles. The van der Waals surface area contributed by atoms with Gasteiger partial charge in [0.2, 0.25) is 0 Å². The molecule has 2 nitrogen and oxygen atoms in total. The van der Waals surface area contributed by atoms with Crippen LogP contribution in [0.5, 0.6) is 0 Å². The van der Waals surface area contributed by atoms with E-state index in [1.807, 2.05) is 0 Å². The molecule has 0 aliphatic carbocycles. The average molecular weight is 251 g/mol. The summed E-state index contributed by atoms with van der Waals surface area (Å²) in [5.41, 5.74) is 0.990. The lowest BCUT2D eigenvalue weighted by molar-refractivity contribution is -0.172. The molecule has 0 heterocycles. The number of anilines is 1. The van der Waals surface area contributed by atoms with Gasteiger partial charge in [0.15, 0.2) is 0 Å². The predicted molar refractivity (Wildman–Crippen MR) is 56.5 cm³/mol. The number of rotatable bonds is 5. The summed E-state index contributed by atoms with van der Waals surface area (Å²) in [7, 11) is 0. The van der Waals surface area contributed by atoms with Crippen molar-refractivity contribution in [2.45, 2.75) is 13.1 Å². The first-order valence-corrected chi connectivity index (χ1v) is 5.03. The molecule has 0 atom stereocenters. The zero-order valence-electron chi connectivity index (χ0n) is 9.27. The first kappa shape index (κ1) is 13.8. The minimum atomic E-state index is -4.31. The van der Waals surface area contributed by atoms with Gasteiger partial charge in [0.05, 0.1) is 6.61 Å². The fourth-order valence-electron chi connectivity index (χ4n) is 1.24. The SMILES string of the molecule is Cc1c(F)cccc1NCCOCC(F)(F)F. The molecule has 96 valence electrons. The summed E-state index contributed by atoms with van der Waals surface area (Å²) in [6.45, 7) is 0.431. The molecule has 0 unspecified atom stereocenters. The van der Waals surface area contributed by atoms with Crippen molar-refractivity contribution in [3.63, 3.8) is 0 Å². The third kappa shape index (κ3) is 5.04. The fraction of sp³-hybridized carbons (Fsp3) is 0.455. The third-order valence-electron chi connectivity index (χ3n) is 2.10. The molecule has 0 radical (unpaired) electrons. The molecule has 1 aromatic rings. The van der Waals surface area contributed by atoms with E-state index in [0.29, 0.717) is 11.3 Å². The van der Waals surface area contributed by atoms with Crippen LogP contribution in [0.3, 0.4) is 0 Å². The second-order valence-corrected chi connectivity index (χ2v) is 3.51. The van der Waals surface area contributed by atoms with Gasteiger partial charge in [-0.15, -0.1) is 0 Å². The van der Waals surface area contributed by atoms with Crippen LogP contribution in [0.15, 0.2) is 18.2 Å². The van der Waals surface area contributed by atoms with Crippen LogP contribution in [0, 0.1) is 12.7 Å². The lowest BCUT2D eigenvalue weighted by Crippen LogP contribution is -2.20. The van der Waals surface area contributed by atoms with Gasteiger partial charge in [-0.05, 0) is 19.1 Å². The molecule has 17 heavy (non-hydrogen) atoms. The van der Waals surface area contributed by atoms with E-state index < -0.39 is 12.8 Å². The topological polar surface area (TPSA) is 21.3 Å². The Morgan fingerprint density at radius 1 is 1.29 bits per heavy atom. The predicted octanol–water partition coefficient (Wildman–Crippen LogP) is 3.12. The Morgan fingerprint density at radius 2 is 2.00 bits per heavy atom. The maximum absolute atomic E-state index is 13.1. The second kappa shape index (κ2) is 5.86. The summed E-state index contributed by atoms with van der Waals surface area (Å²) in [6.07, 6.45) is -4.31. The van der Waals surface area contributed by atoms with E-state index in [2.05, 4.69) is 10.1 Å². The molecule has 1 rings (SSSR count). The van der Waals surface area contributed by atoms with Crippen LogP contribution in [0.2, 0.25) is 0 Å². The Balaban J connectivity index is 2.29. The highest BCUT2D eigenvalue weighted by Crippen LogP contribution is 2.17. The molecule has 0 aliphatic rings. The van der Waals surface area contributed by atoms with Crippen LogP contribution in [0.1, 0.15) is 5.56 Å². The summed E-state index contributed by atoms with van der Waals surface area (Å²) in [6, 6.07) is 4.50. The first-order chi connectivity index (χ1) is 7.90. The monoisotopic (exact) mass is 251 g/mol. The van der Waals surface area contributed by atoms with Crippen molar-refractivity contribution < 1.29 is 22.3 Å². The number of nitrogens with one attached hydrogen (secondary N) is 1. The van der Waals surface area contributed by atoms with Crippen LogP contribution < -0.4 is 5.32 Å². The summed E-state index contributed by atoms with van der Waals surface area (Å²) in [5, 5.41) is 2.81. The van der Waals surface area contributed by atoms with E-state index >= 15 is 0 Å². The molecular weight excluding hydrogens is 238 g/mol. The normalized spacial score (nSPS) is 11.6. The van der Waals surface area contributed by atoms with Crippen LogP contribution >= 0.6 is 0 Å². The Morgan fingerprint density at radius 3 is 2.65 bits per heavy atom. The molecule has 0 aliphatic heterocycles. The van der Waals surface area contributed by atoms with Crippen molar-refractivity contribution >= 4 is 5.69 Å². The Kier molecular flexibility index (Phi) is 4.74. The van der Waals surface area contributed by atoms with Gasteiger partial charge in [-0.2, -0.15) is 13.2 Å². The number of hydrogen-bond acceptors (Lipinski definition) is 2. The van der Waals surface area contributed by atoms with Crippen LogP contribution in [-0.4, -0.2) is 25.9 Å². The minimum absolute atomic E-state index is 0.0878. The average Bonchev–Trinajstić information content (AvgIpc) is 2.22. The van der Waals surface area contributed by atoms with Gasteiger partial charge in [0.1, 0.15) is 12.4 Å². The smallest absolute Gasteiger partial charge is 0.382 e. The highest BCUT2D eigenvalue weighted by molar-refractivity contribution is 5.50. The molecule has 0 saturated heterocycles. The van der Waals surface area contributed by atoms with Crippen LogP contribution in [0.4, 0.5) is 23.2 Å². The number of hydrogen-bond donors (Lipinski definition) is 1. The standard InChI is InChI=1S/C11H13F4NO/c1-8-9(12)3-2-4-10(8)16-5-6-17-7-11(13,14)15/h2-4,16H,5-7H2,1H3. The van der Waals surface area contributed by atoms with E-state index in [4.69, 9.17) is 0 Å². The zero-order chi connectivity index (χ0) is 12.9. The van der Waals surface area contributed by atoms with E-state index in [1.165, 1.54) is 12.1 Å². The molecule has 0 amide bonds. The Hall–Kier alpha value is -1.30. The van der Waals surface area contributed by atoms with Gasteiger partial charge in [-0.3, -0.25) is 0 Å². The molecule has 1 aromatic carbocycles. The summed E-state index contributed by atoms with van der Waals surface area (Å²) >= 11 is 0. The van der Waals surface area contributed by atoms with E-state index in [9.17, 15) is 17.6 Å². The first-order valence-electron chi connectivity index (χ1n) is 5.03. The molecular formula is C11H13F4NO. The van der Waals surface area contributed by atoms with Crippen molar-refractivity contribution in [1.82, 2.24) is 0 Å². The van der Waals surface area contributed by atoms with Crippen LogP contribution in [-0.2, 0) is 4.74 Å². The van der Waals surface area contributed by atoms with Crippen molar-refractivity contribution in [3.05, 3.63) is 29.6 Å². The van der Waals surface area contributed by atoms with Crippen molar-refractivity contribution in [1.29, 1.82) is 0 Å². The maximum atomic E-state index is 13.1. The van der Waals surface area contributed by atoms with Crippen LogP contribution in [0.25, 0.3) is 0 Å². The number of halogens is 4. The number of ether oxygens (including phenoxy) is 1. The lowest BCUT2D eigenvalue weighted by atomic mass is 10.2. The van der Waals surface area contributed by atoms with Gasteiger partial charge in [-0.25, -0.2) is 4.39 Å². The maximum Gasteiger partial charge on any atom is 0.411 e. The summed E-state index contributed by atoms with van der Waals surface area (Å²) in [4.78, 5) is 0. The molecule has 0 fully saturated rings. The fourth-order valence-corrected chi connectivity index (χ4v) is 1.24. The summed E-state index contributed by atoms with van der Waals surface area (Å²) < 4.78 is 52.7. The number of benzene rings is 1. The van der Waals surface area contributed by atoms with Crippen molar-refractivity contribution in [2.24, 2.45) is 0 Å². The molecule has 1 N–H and O–H groups in total. The van der Waals surface area contributed by atoms with Crippen molar-refractivity contribution in [3.8, 4) is 0 Å².